The van der Waals surface area contributed by atoms with Crippen LogP contribution in [-0.2, 0) is 0 Å². The van der Waals surface area contributed by atoms with Gasteiger partial charge in [0.25, 0.3) is 0 Å². The summed E-state index contributed by atoms with van der Waals surface area (Å²) in [4.78, 5) is 9.77. The van der Waals surface area contributed by atoms with E-state index in [4.69, 9.17) is 4.98 Å². The average molecular weight is 340 g/mol. The Balaban J connectivity index is 1.78. The van der Waals surface area contributed by atoms with Gasteiger partial charge in [0.05, 0.1) is 38.9 Å². The van der Waals surface area contributed by atoms with Crippen LogP contribution in [0.25, 0.3) is 11.3 Å². The van der Waals surface area contributed by atoms with Gasteiger partial charge in [-0.25, -0.2) is 4.98 Å². The van der Waals surface area contributed by atoms with Crippen LogP contribution in [0, 0.1) is 6.92 Å². The third-order valence-electron chi connectivity index (χ3n) is 4.03. The smallest absolute Gasteiger partial charge is 0.387 e. The van der Waals surface area contributed by atoms with E-state index < -0.39 is 6.61 Å². The quantitative estimate of drug-likeness (QED) is 0.924. The molecule has 0 amide bonds. The number of piperazine rings is 1. The van der Waals surface area contributed by atoms with Crippen LogP contribution < -0.4 is 14.5 Å². The molecule has 3 rings (SSSR count). The van der Waals surface area contributed by atoms with Crippen molar-refractivity contribution in [2.45, 2.75) is 13.5 Å². The molecule has 1 fully saturated rings. The second-order valence-corrected chi connectivity index (χ2v) is 6.93. The number of nitrogens with one attached hydrogen (secondary N) is 1. The minimum Gasteiger partial charge on any atom is -0.435 e. The van der Waals surface area contributed by atoms with Crippen LogP contribution in [0.4, 0.5) is 13.9 Å². The number of ether oxygens (including phenoxy) is 1. The number of aromatic nitrogens is 1. The predicted octanol–water partition coefficient (Wildman–Crippen LogP) is 2.05. The molecule has 2 heterocycles. The maximum absolute atomic E-state index is 12.2. The molecule has 7 heteroatoms. The van der Waals surface area contributed by atoms with E-state index in [1.807, 2.05) is 6.92 Å². The second kappa shape index (κ2) is 6.80. The molecule has 0 saturated carbocycles. The number of alkyl halides is 2. The molecular formula is C16H20F2N3OS+. The zero-order valence-corrected chi connectivity index (χ0v) is 14.0. The summed E-state index contributed by atoms with van der Waals surface area (Å²) in [6.07, 6.45) is 0. The summed E-state index contributed by atoms with van der Waals surface area (Å²) in [6.45, 7) is 3.51. The fraction of sp³-hybridized carbons (Fsp3) is 0.438. The van der Waals surface area contributed by atoms with E-state index in [0.29, 0.717) is 0 Å². The Kier molecular flexibility index (Phi) is 4.77. The van der Waals surface area contributed by atoms with Gasteiger partial charge in [0.15, 0.2) is 5.13 Å². The summed E-state index contributed by atoms with van der Waals surface area (Å²) in [5, 5.41) is 1.04. The lowest BCUT2D eigenvalue weighted by Gasteiger charge is -2.29. The van der Waals surface area contributed by atoms with Crippen molar-refractivity contribution < 1.29 is 18.4 Å². The second-order valence-electron chi connectivity index (χ2n) is 5.75. The van der Waals surface area contributed by atoms with Crippen LogP contribution in [0.15, 0.2) is 24.3 Å². The Morgan fingerprint density at radius 2 is 1.87 bits per heavy atom. The van der Waals surface area contributed by atoms with Crippen molar-refractivity contribution in [2.24, 2.45) is 0 Å². The summed E-state index contributed by atoms with van der Waals surface area (Å²) in [7, 11) is 2.21. The molecule has 2 aromatic rings. The molecule has 1 aliphatic rings. The first-order valence-corrected chi connectivity index (χ1v) is 8.43. The number of quaternary nitrogens is 1. The number of thiazole rings is 1. The third-order valence-corrected chi connectivity index (χ3v) is 5.06. The summed E-state index contributed by atoms with van der Waals surface area (Å²) in [5.74, 6) is 0.166. The molecule has 1 N–H and O–H groups in total. The minimum atomic E-state index is -2.80. The fourth-order valence-corrected chi connectivity index (χ4v) is 3.64. The van der Waals surface area contributed by atoms with Crippen molar-refractivity contribution in [1.82, 2.24) is 4.98 Å². The molecule has 0 aliphatic carbocycles. The Bertz CT molecular complexity index is 652. The van der Waals surface area contributed by atoms with Crippen molar-refractivity contribution in [2.75, 3.05) is 38.1 Å². The van der Waals surface area contributed by atoms with E-state index in [1.165, 1.54) is 0 Å². The SMILES string of the molecule is Cc1sc(N2CC[NH+](C)CC2)nc1-c1ccc(OC(F)F)cc1. The van der Waals surface area contributed by atoms with Gasteiger partial charge < -0.3 is 14.5 Å². The van der Waals surface area contributed by atoms with E-state index in [9.17, 15) is 8.78 Å². The third kappa shape index (κ3) is 3.79. The number of rotatable bonds is 4. The van der Waals surface area contributed by atoms with Crippen LogP contribution >= 0.6 is 11.3 Å². The monoisotopic (exact) mass is 340 g/mol. The largest absolute Gasteiger partial charge is 0.435 e. The van der Waals surface area contributed by atoms with Crippen molar-refractivity contribution >= 4 is 16.5 Å². The first-order chi connectivity index (χ1) is 11.0. The number of likely N-dealkylation sites (N-methyl/N-ethyl adjacent to an activating group) is 1. The minimum absolute atomic E-state index is 0.166. The normalized spacial score (nSPS) is 16.1. The van der Waals surface area contributed by atoms with E-state index in [1.54, 1.807) is 40.5 Å². The van der Waals surface area contributed by atoms with Gasteiger partial charge in [-0.05, 0) is 31.2 Å². The maximum Gasteiger partial charge on any atom is 0.387 e. The Morgan fingerprint density at radius 1 is 1.22 bits per heavy atom. The van der Waals surface area contributed by atoms with Gasteiger partial charge in [0, 0.05) is 10.4 Å². The van der Waals surface area contributed by atoms with Gasteiger partial charge >= 0.3 is 6.61 Å². The Labute approximate surface area is 138 Å². The number of aryl methyl sites for hydroxylation is 1. The molecule has 1 aromatic heterocycles. The molecule has 23 heavy (non-hydrogen) atoms. The number of hydrogen-bond donors (Lipinski definition) is 1. The molecular weight excluding hydrogens is 320 g/mol. The maximum atomic E-state index is 12.2. The highest BCUT2D eigenvalue weighted by atomic mass is 32.1. The van der Waals surface area contributed by atoms with Crippen LogP contribution in [0.5, 0.6) is 5.75 Å². The van der Waals surface area contributed by atoms with Crippen LogP contribution in [0.2, 0.25) is 0 Å². The van der Waals surface area contributed by atoms with Crippen LogP contribution in [0.3, 0.4) is 0 Å². The Hall–Kier alpha value is -1.73. The van der Waals surface area contributed by atoms with Crippen molar-refractivity contribution in [1.29, 1.82) is 0 Å². The lowest BCUT2D eigenvalue weighted by atomic mass is 10.1. The molecule has 4 nitrogen and oxygen atoms in total. The number of anilines is 1. The van der Waals surface area contributed by atoms with Gasteiger partial charge in [-0.1, -0.05) is 0 Å². The molecule has 1 aromatic carbocycles. The van der Waals surface area contributed by atoms with Gasteiger partial charge in [0.1, 0.15) is 5.75 Å². The lowest BCUT2D eigenvalue weighted by molar-refractivity contribution is -0.880. The van der Waals surface area contributed by atoms with E-state index in [0.717, 1.165) is 47.4 Å². The fourth-order valence-electron chi connectivity index (χ4n) is 2.66. The first kappa shape index (κ1) is 16.1. The van der Waals surface area contributed by atoms with Crippen molar-refractivity contribution in [3.8, 4) is 17.0 Å². The average Bonchev–Trinajstić information content (AvgIpc) is 2.90. The molecule has 0 unspecified atom stereocenters. The topological polar surface area (TPSA) is 29.8 Å². The van der Waals surface area contributed by atoms with Gasteiger partial charge in [-0.2, -0.15) is 8.78 Å². The summed E-state index contributed by atoms with van der Waals surface area (Å²) >= 11 is 1.69. The van der Waals surface area contributed by atoms with E-state index >= 15 is 0 Å². The van der Waals surface area contributed by atoms with Gasteiger partial charge in [-0.15, -0.1) is 11.3 Å². The molecule has 0 bridgehead atoms. The predicted molar refractivity (Wildman–Crippen MR) is 87.8 cm³/mol. The molecule has 0 spiro atoms. The summed E-state index contributed by atoms with van der Waals surface area (Å²) in [5.41, 5.74) is 1.84. The molecule has 1 aliphatic heterocycles. The lowest BCUT2D eigenvalue weighted by Crippen LogP contribution is -3.12. The standard InChI is InChI=1S/C16H19F2N3OS/c1-11-14(12-3-5-13(6-4-12)22-15(17)18)19-16(23-11)21-9-7-20(2)8-10-21/h3-6,15H,7-10H2,1-2H3/p+1. The van der Waals surface area contributed by atoms with Gasteiger partial charge in [0.2, 0.25) is 0 Å². The number of nitrogens with zero attached hydrogens (tertiary/aromatic N) is 2. The first-order valence-electron chi connectivity index (χ1n) is 7.62. The summed E-state index contributed by atoms with van der Waals surface area (Å²) < 4.78 is 28.8. The molecule has 1 saturated heterocycles. The summed E-state index contributed by atoms with van der Waals surface area (Å²) in [6, 6.07) is 6.66. The van der Waals surface area contributed by atoms with Crippen molar-refractivity contribution in [3.63, 3.8) is 0 Å². The van der Waals surface area contributed by atoms with Gasteiger partial charge in [-0.3, -0.25) is 0 Å². The van der Waals surface area contributed by atoms with Crippen LogP contribution in [0.1, 0.15) is 4.88 Å². The molecule has 0 radical (unpaired) electrons. The zero-order valence-electron chi connectivity index (χ0n) is 13.2. The highest BCUT2D eigenvalue weighted by Crippen LogP contribution is 2.33. The van der Waals surface area contributed by atoms with E-state index in [-0.39, 0.29) is 5.75 Å². The number of hydrogen-bond acceptors (Lipinski definition) is 4. The number of benzene rings is 1. The van der Waals surface area contributed by atoms with E-state index in [2.05, 4.69) is 16.7 Å². The zero-order chi connectivity index (χ0) is 16.4. The van der Waals surface area contributed by atoms with Crippen molar-refractivity contribution in [3.05, 3.63) is 29.1 Å². The highest BCUT2D eigenvalue weighted by Gasteiger charge is 2.21. The van der Waals surface area contributed by atoms with Crippen LogP contribution in [-0.4, -0.2) is 44.8 Å². The number of halogens is 2. The molecule has 124 valence electrons. The molecule has 0 atom stereocenters. The Morgan fingerprint density at radius 3 is 2.48 bits per heavy atom. The highest BCUT2D eigenvalue weighted by molar-refractivity contribution is 7.16.